The molecule has 1 aliphatic heterocycles. The number of nitrogens with one attached hydrogen (secondary N) is 3. The molecule has 1 heterocycles. The normalized spacial score (nSPS) is 14.8. The number of halogens is 1. The minimum Gasteiger partial charge on any atom is -0.357 e. The summed E-state index contributed by atoms with van der Waals surface area (Å²) in [5.74, 6) is 0.455. The fraction of sp³-hybridized carbons (Fsp3) is 0.438. The topological polar surface area (TPSA) is 85.8 Å². The van der Waals surface area contributed by atoms with Gasteiger partial charge < -0.3 is 16.0 Å². The largest absolute Gasteiger partial charge is 0.357 e. The van der Waals surface area contributed by atoms with Crippen LogP contribution in [0.2, 0.25) is 5.02 Å². The Morgan fingerprint density at radius 3 is 2.88 bits per heavy atom. The van der Waals surface area contributed by atoms with Gasteiger partial charge in [-0.05, 0) is 31.0 Å². The number of urea groups is 1. The third-order valence-corrected chi connectivity index (χ3v) is 3.70. The van der Waals surface area contributed by atoms with E-state index >= 15 is 0 Å². The standard InChI is InChI=1S/C16H22ClN5O2/c1-2-18-15(19-7-6-12-4-3-5-13(17)10-12)20-8-9-22-14(23)11-21-16(22)24/h3-5,10H,2,6-9,11H2,1H3,(H,21,24)(H2,18,19,20). The molecule has 0 radical (unpaired) electrons. The molecule has 0 bridgehead atoms. The van der Waals surface area contributed by atoms with Gasteiger partial charge in [0.05, 0.1) is 6.54 Å². The number of amides is 3. The molecule has 130 valence electrons. The Hall–Kier alpha value is -2.28. The summed E-state index contributed by atoms with van der Waals surface area (Å²) < 4.78 is 0. The summed E-state index contributed by atoms with van der Waals surface area (Å²) in [6, 6.07) is 7.36. The van der Waals surface area contributed by atoms with Gasteiger partial charge in [-0.1, -0.05) is 23.7 Å². The predicted octanol–water partition coefficient (Wildman–Crippen LogP) is 0.989. The van der Waals surface area contributed by atoms with Crippen molar-refractivity contribution in [3.63, 3.8) is 0 Å². The van der Waals surface area contributed by atoms with Crippen LogP contribution in [0.15, 0.2) is 29.3 Å². The maximum Gasteiger partial charge on any atom is 0.324 e. The molecule has 1 aliphatic rings. The van der Waals surface area contributed by atoms with Crippen LogP contribution in [0, 0.1) is 0 Å². The maximum absolute atomic E-state index is 11.5. The van der Waals surface area contributed by atoms with Crippen LogP contribution < -0.4 is 16.0 Å². The first-order chi connectivity index (χ1) is 11.6. The van der Waals surface area contributed by atoms with Crippen molar-refractivity contribution >= 4 is 29.5 Å². The van der Waals surface area contributed by atoms with Crippen molar-refractivity contribution in [2.75, 3.05) is 32.7 Å². The number of carbonyl (C=O) groups excluding carboxylic acids is 2. The third kappa shape index (κ3) is 5.42. The lowest BCUT2D eigenvalue weighted by Crippen LogP contribution is -2.43. The van der Waals surface area contributed by atoms with Gasteiger partial charge in [0.15, 0.2) is 5.96 Å². The number of guanidine groups is 1. The zero-order valence-corrected chi connectivity index (χ0v) is 14.4. The SMILES string of the molecule is CCNC(=NCCc1cccc(Cl)c1)NCCN1C(=O)CNC1=O. The molecular formula is C16H22ClN5O2. The van der Waals surface area contributed by atoms with Crippen LogP contribution in [0.5, 0.6) is 0 Å². The van der Waals surface area contributed by atoms with E-state index in [1.165, 1.54) is 4.90 Å². The van der Waals surface area contributed by atoms with Crippen molar-refractivity contribution in [1.82, 2.24) is 20.9 Å². The van der Waals surface area contributed by atoms with Gasteiger partial charge in [0, 0.05) is 31.2 Å². The van der Waals surface area contributed by atoms with Crippen LogP contribution in [-0.2, 0) is 11.2 Å². The number of nitrogens with zero attached hydrogens (tertiary/aromatic N) is 2. The number of hydrogen-bond donors (Lipinski definition) is 3. The van der Waals surface area contributed by atoms with E-state index in [1.54, 1.807) is 0 Å². The Labute approximate surface area is 146 Å². The molecule has 0 unspecified atom stereocenters. The number of imide groups is 1. The Morgan fingerprint density at radius 1 is 1.38 bits per heavy atom. The molecule has 2 rings (SSSR count). The summed E-state index contributed by atoms with van der Waals surface area (Å²) in [5, 5.41) is 9.47. The Balaban J connectivity index is 1.80. The van der Waals surface area contributed by atoms with Crippen LogP contribution >= 0.6 is 11.6 Å². The molecule has 1 aromatic carbocycles. The van der Waals surface area contributed by atoms with Crippen LogP contribution in [0.4, 0.5) is 4.79 Å². The molecule has 0 aliphatic carbocycles. The average molecular weight is 352 g/mol. The summed E-state index contributed by atoms with van der Waals surface area (Å²) in [6.45, 7) is 4.15. The van der Waals surface area contributed by atoms with Gasteiger partial charge >= 0.3 is 6.03 Å². The highest BCUT2D eigenvalue weighted by molar-refractivity contribution is 6.30. The van der Waals surface area contributed by atoms with Gasteiger partial charge in [-0.15, -0.1) is 0 Å². The van der Waals surface area contributed by atoms with E-state index in [2.05, 4.69) is 20.9 Å². The summed E-state index contributed by atoms with van der Waals surface area (Å²) in [7, 11) is 0. The molecule has 1 saturated heterocycles. The zero-order valence-electron chi connectivity index (χ0n) is 13.6. The molecule has 1 aromatic rings. The van der Waals surface area contributed by atoms with E-state index in [-0.39, 0.29) is 18.5 Å². The van der Waals surface area contributed by atoms with Crippen molar-refractivity contribution in [2.45, 2.75) is 13.3 Å². The Bertz CT molecular complexity index is 604. The monoisotopic (exact) mass is 351 g/mol. The van der Waals surface area contributed by atoms with Crippen LogP contribution in [0.3, 0.4) is 0 Å². The average Bonchev–Trinajstić information content (AvgIpc) is 2.87. The lowest BCUT2D eigenvalue weighted by Gasteiger charge is -2.15. The van der Waals surface area contributed by atoms with Crippen molar-refractivity contribution < 1.29 is 9.59 Å². The Morgan fingerprint density at radius 2 is 2.21 bits per heavy atom. The lowest BCUT2D eigenvalue weighted by atomic mass is 10.1. The number of aliphatic imine (C=N–C) groups is 1. The van der Waals surface area contributed by atoms with E-state index in [9.17, 15) is 9.59 Å². The summed E-state index contributed by atoms with van der Waals surface area (Å²) >= 11 is 5.97. The molecule has 3 N–H and O–H groups in total. The summed E-state index contributed by atoms with van der Waals surface area (Å²) in [6.07, 6.45) is 0.782. The summed E-state index contributed by atoms with van der Waals surface area (Å²) in [4.78, 5) is 28.6. The Kier molecular flexibility index (Phi) is 6.87. The highest BCUT2D eigenvalue weighted by atomic mass is 35.5. The number of rotatable bonds is 7. The van der Waals surface area contributed by atoms with E-state index in [0.29, 0.717) is 25.6 Å². The minimum absolute atomic E-state index is 0.0760. The van der Waals surface area contributed by atoms with Crippen molar-refractivity contribution in [1.29, 1.82) is 0 Å². The number of carbonyl (C=O) groups is 2. The highest BCUT2D eigenvalue weighted by Crippen LogP contribution is 2.10. The number of benzene rings is 1. The first-order valence-corrected chi connectivity index (χ1v) is 8.32. The van der Waals surface area contributed by atoms with Gasteiger partial charge in [-0.25, -0.2) is 4.79 Å². The molecule has 24 heavy (non-hydrogen) atoms. The van der Waals surface area contributed by atoms with Gasteiger partial charge in [0.2, 0.25) is 5.91 Å². The maximum atomic E-state index is 11.5. The molecule has 7 nitrogen and oxygen atoms in total. The fourth-order valence-electron chi connectivity index (χ4n) is 2.30. The molecule has 0 atom stereocenters. The molecule has 1 fully saturated rings. The van der Waals surface area contributed by atoms with E-state index < -0.39 is 0 Å². The van der Waals surface area contributed by atoms with Crippen molar-refractivity contribution in [3.8, 4) is 0 Å². The molecule has 0 saturated carbocycles. The van der Waals surface area contributed by atoms with E-state index in [0.717, 1.165) is 23.6 Å². The zero-order chi connectivity index (χ0) is 17.4. The third-order valence-electron chi connectivity index (χ3n) is 3.47. The second kappa shape index (κ2) is 9.12. The second-order valence-electron chi connectivity index (χ2n) is 5.27. The van der Waals surface area contributed by atoms with E-state index in [4.69, 9.17) is 11.6 Å². The van der Waals surface area contributed by atoms with Gasteiger partial charge in [0.1, 0.15) is 0 Å². The van der Waals surface area contributed by atoms with Crippen LogP contribution in [0.1, 0.15) is 12.5 Å². The smallest absolute Gasteiger partial charge is 0.324 e. The lowest BCUT2D eigenvalue weighted by molar-refractivity contribution is -0.124. The summed E-state index contributed by atoms with van der Waals surface area (Å²) in [5.41, 5.74) is 1.13. The first-order valence-electron chi connectivity index (χ1n) is 7.95. The highest BCUT2D eigenvalue weighted by Gasteiger charge is 2.27. The molecule has 3 amide bonds. The van der Waals surface area contributed by atoms with Gasteiger partial charge in [-0.3, -0.25) is 14.7 Å². The van der Waals surface area contributed by atoms with Gasteiger partial charge in [0.25, 0.3) is 0 Å². The molecule has 0 spiro atoms. The van der Waals surface area contributed by atoms with Crippen LogP contribution in [0.25, 0.3) is 0 Å². The molecule has 0 aromatic heterocycles. The van der Waals surface area contributed by atoms with Gasteiger partial charge in [-0.2, -0.15) is 0 Å². The predicted molar refractivity (Wildman–Crippen MR) is 94.2 cm³/mol. The van der Waals surface area contributed by atoms with E-state index in [1.807, 2.05) is 31.2 Å². The first kappa shape index (κ1) is 18.1. The van der Waals surface area contributed by atoms with Crippen molar-refractivity contribution in [2.24, 2.45) is 4.99 Å². The quantitative estimate of drug-likeness (QED) is 0.388. The van der Waals surface area contributed by atoms with Crippen LogP contribution in [-0.4, -0.2) is 55.5 Å². The van der Waals surface area contributed by atoms with Crippen molar-refractivity contribution in [3.05, 3.63) is 34.9 Å². The molecule has 8 heteroatoms. The molecular weight excluding hydrogens is 330 g/mol. The minimum atomic E-state index is -0.343. The number of hydrogen-bond acceptors (Lipinski definition) is 3. The fourth-order valence-corrected chi connectivity index (χ4v) is 2.51. The second-order valence-corrected chi connectivity index (χ2v) is 5.71.